The van der Waals surface area contributed by atoms with Gasteiger partial charge in [-0.3, -0.25) is 4.90 Å². The average molecular weight is 486 g/mol. The van der Waals surface area contributed by atoms with Crippen molar-refractivity contribution < 1.29 is 19.1 Å². The van der Waals surface area contributed by atoms with Gasteiger partial charge in [-0.05, 0) is 57.4 Å². The van der Waals surface area contributed by atoms with Crippen molar-refractivity contribution in [2.24, 2.45) is 17.3 Å². The van der Waals surface area contributed by atoms with E-state index >= 15 is 0 Å². The molecule has 2 amide bonds. The number of benzene rings is 1. The van der Waals surface area contributed by atoms with E-state index in [-0.39, 0.29) is 17.6 Å². The summed E-state index contributed by atoms with van der Waals surface area (Å²) in [5.41, 5.74) is 0.765. The molecule has 0 aliphatic carbocycles. The Morgan fingerprint density at radius 1 is 0.971 bits per heavy atom. The Hall–Kier alpha value is -2.28. The lowest BCUT2D eigenvalue weighted by molar-refractivity contribution is -0.0656. The predicted molar refractivity (Wildman–Crippen MR) is 136 cm³/mol. The number of hydrogen-bond acceptors (Lipinski definition) is 5. The molecule has 4 rings (SSSR count). The Labute approximate surface area is 210 Å². The first-order valence-corrected chi connectivity index (χ1v) is 13.2. The van der Waals surface area contributed by atoms with Crippen LogP contribution in [0.5, 0.6) is 0 Å². The van der Waals surface area contributed by atoms with Crippen molar-refractivity contribution in [1.29, 1.82) is 0 Å². The van der Waals surface area contributed by atoms with Crippen LogP contribution in [0.3, 0.4) is 0 Å². The third-order valence-electron chi connectivity index (χ3n) is 7.76. The van der Waals surface area contributed by atoms with Crippen molar-refractivity contribution in [3.8, 4) is 0 Å². The topological polar surface area (TPSA) is 62.3 Å². The monoisotopic (exact) mass is 485 g/mol. The van der Waals surface area contributed by atoms with E-state index in [1.807, 2.05) is 60.9 Å². The van der Waals surface area contributed by atoms with Gasteiger partial charge < -0.3 is 19.3 Å². The van der Waals surface area contributed by atoms with Crippen LogP contribution in [-0.2, 0) is 16.1 Å². The van der Waals surface area contributed by atoms with Crippen LogP contribution in [0.15, 0.2) is 30.3 Å². The number of piperidine rings is 1. The maximum absolute atomic E-state index is 12.6. The molecule has 1 spiro atoms. The van der Waals surface area contributed by atoms with E-state index in [0.717, 1.165) is 64.1 Å². The number of nitrogens with zero attached hydrogens (tertiary/aromatic N) is 3. The molecule has 0 unspecified atom stereocenters. The summed E-state index contributed by atoms with van der Waals surface area (Å²) < 4.78 is 11.1. The molecule has 0 bridgehead atoms. The zero-order valence-corrected chi connectivity index (χ0v) is 22.2. The first-order valence-electron chi connectivity index (χ1n) is 13.2. The summed E-state index contributed by atoms with van der Waals surface area (Å²) in [5.74, 6) is 1.14. The van der Waals surface area contributed by atoms with Gasteiger partial charge in [0, 0.05) is 50.7 Å². The van der Waals surface area contributed by atoms with Crippen LogP contribution in [0.1, 0.15) is 59.4 Å². The van der Waals surface area contributed by atoms with Crippen molar-refractivity contribution in [3.05, 3.63) is 35.9 Å². The van der Waals surface area contributed by atoms with E-state index in [0.29, 0.717) is 24.5 Å². The maximum atomic E-state index is 12.6. The highest BCUT2D eigenvalue weighted by molar-refractivity contribution is 5.68. The second kappa shape index (κ2) is 10.4. The zero-order valence-electron chi connectivity index (χ0n) is 22.2. The third kappa shape index (κ3) is 6.29. The van der Waals surface area contributed by atoms with Gasteiger partial charge in [-0.1, -0.05) is 44.2 Å². The number of carbonyl (C=O) groups is 2. The molecule has 3 heterocycles. The van der Waals surface area contributed by atoms with E-state index in [1.54, 1.807) is 0 Å². The first kappa shape index (κ1) is 25.8. The minimum atomic E-state index is -0.455. The van der Waals surface area contributed by atoms with Gasteiger partial charge in [-0.15, -0.1) is 0 Å². The summed E-state index contributed by atoms with van der Waals surface area (Å²) >= 11 is 0. The van der Waals surface area contributed by atoms with Crippen molar-refractivity contribution in [2.45, 2.75) is 72.1 Å². The van der Waals surface area contributed by atoms with Crippen LogP contribution < -0.4 is 0 Å². The molecule has 1 aromatic carbocycles. The number of likely N-dealkylation sites (tertiary alicyclic amines) is 3. The van der Waals surface area contributed by atoms with Gasteiger partial charge in [0.05, 0.1) is 0 Å². The quantitative estimate of drug-likeness (QED) is 0.587. The Balaban J connectivity index is 1.25. The molecule has 3 aliphatic rings. The number of amides is 2. The van der Waals surface area contributed by atoms with Crippen LogP contribution in [0.4, 0.5) is 9.59 Å². The fraction of sp³-hybridized carbons (Fsp3) is 0.714. The number of ether oxygens (including phenoxy) is 2. The molecule has 0 N–H and O–H groups in total. The van der Waals surface area contributed by atoms with E-state index < -0.39 is 5.60 Å². The fourth-order valence-corrected chi connectivity index (χ4v) is 6.20. The highest BCUT2D eigenvalue weighted by Gasteiger charge is 2.52. The van der Waals surface area contributed by atoms with E-state index in [4.69, 9.17) is 9.47 Å². The lowest BCUT2D eigenvalue weighted by atomic mass is 9.73. The summed E-state index contributed by atoms with van der Waals surface area (Å²) in [6, 6.07) is 10.4. The second-order valence-corrected chi connectivity index (χ2v) is 12.2. The normalized spacial score (nSPS) is 21.8. The number of hydrogen-bond donors (Lipinski definition) is 0. The third-order valence-corrected chi connectivity index (χ3v) is 7.76. The van der Waals surface area contributed by atoms with Gasteiger partial charge in [-0.25, -0.2) is 9.59 Å². The molecule has 1 atom stereocenters. The van der Waals surface area contributed by atoms with Crippen molar-refractivity contribution in [1.82, 2.24) is 14.7 Å². The molecule has 3 fully saturated rings. The fourth-order valence-electron chi connectivity index (χ4n) is 6.20. The minimum Gasteiger partial charge on any atom is -0.445 e. The summed E-state index contributed by atoms with van der Waals surface area (Å²) in [6.45, 7) is 15.9. The molecule has 0 aromatic heterocycles. The molecular formula is C28H43N3O4. The van der Waals surface area contributed by atoms with Gasteiger partial charge in [0.25, 0.3) is 0 Å². The molecule has 3 aliphatic heterocycles. The molecule has 3 saturated heterocycles. The van der Waals surface area contributed by atoms with Gasteiger partial charge in [0.15, 0.2) is 0 Å². The van der Waals surface area contributed by atoms with Crippen molar-refractivity contribution in [3.63, 3.8) is 0 Å². The summed E-state index contributed by atoms with van der Waals surface area (Å²) in [7, 11) is 0. The highest BCUT2D eigenvalue weighted by atomic mass is 16.6. The average Bonchev–Trinajstić information content (AvgIpc) is 3.23. The van der Waals surface area contributed by atoms with Gasteiger partial charge in [0.1, 0.15) is 12.2 Å². The van der Waals surface area contributed by atoms with Gasteiger partial charge >= 0.3 is 12.2 Å². The van der Waals surface area contributed by atoms with Crippen molar-refractivity contribution in [2.75, 3.05) is 39.3 Å². The Bertz CT molecular complexity index is 868. The zero-order chi connectivity index (χ0) is 25.2. The standard InChI is InChI=1S/C28H43N3O4/c1-21(2)24(23-11-14-29(15-12-23)26(33)35-27(3,4)5)31-19-28(20-31)13-16-30(18-28)25(32)34-17-22-9-7-6-8-10-22/h6-10,21,23-24H,11-20H2,1-5H3/t24-/m0/s1. The molecule has 1 aromatic rings. The maximum Gasteiger partial charge on any atom is 0.410 e. The first-order chi connectivity index (χ1) is 16.6. The molecular weight excluding hydrogens is 442 g/mol. The smallest absolute Gasteiger partial charge is 0.410 e. The molecule has 0 radical (unpaired) electrons. The predicted octanol–water partition coefficient (Wildman–Crippen LogP) is 5.00. The van der Waals surface area contributed by atoms with Gasteiger partial charge in [-0.2, -0.15) is 0 Å². The lowest BCUT2D eigenvalue weighted by Crippen LogP contribution is -2.64. The number of rotatable bonds is 5. The molecule has 7 heteroatoms. The second-order valence-electron chi connectivity index (χ2n) is 12.2. The molecule has 194 valence electrons. The molecule has 35 heavy (non-hydrogen) atoms. The Morgan fingerprint density at radius 3 is 2.23 bits per heavy atom. The summed E-state index contributed by atoms with van der Waals surface area (Å²) in [6.07, 6.45) is 2.70. The van der Waals surface area contributed by atoms with E-state index in [2.05, 4.69) is 18.7 Å². The number of carbonyl (C=O) groups excluding carboxylic acids is 2. The Morgan fingerprint density at radius 2 is 1.63 bits per heavy atom. The minimum absolute atomic E-state index is 0.190. The molecule has 0 saturated carbocycles. The van der Waals surface area contributed by atoms with Crippen LogP contribution in [0.2, 0.25) is 0 Å². The Kier molecular flexibility index (Phi) is 7.65. The van der Waals surface area contributed by atoms with Crippen LogP contribution in [0, 0.1) is 17.3 Å². The van der Waals surface area contributed by atoms with Crippen LogP contribution in [0.25, 0.3) is 0 Å². The summed E-state index contributed by atoms with van der Waals surface area (Å²) in [5, 5.41) is 0. The van der Waals surface area contributed by atoms with E-state index in [1.165, 1.54) is 0 Å². The van der Waals surface area contributed by atoms with E-state index in [9.17, 15) is 9.59 Å². The van der Waals surface area contributed by atoms with Crippen LogP contribution in [-0.4, -0.2) is 77.8 Å². The molecule has 7 nitrogen and oxygen atoms in total. The van der Waals surface area contributed by atoms with Crippen LogP contribution >= 0.6 is 0 Å². The largest absolute Gasteiger partial charge is 0.445 e. The highest BCUT2D eigenvalue weighted by Crippen LogP contribution is 2.44. The lowest BCUT2D eigenvalue weighted by Gasteiger charge is -2.55. The van der Waals surface area contributed by atoms with Crippen molar-refractivity contribution >= 4 is 12.2 Å². The SMILES string of the molecule is CC(C)[C@@H](C1CCN(C(=O)OC(C)(C)C)CC1)N1CC2(CCN(C(=O)OCc3ccccc3)C2)C1. The van der Waals surface area contributed by atoms with Gasteiger partial charge in [0.2, 0.25) is 0 Å². The summed E-state index contributed by atoms with van der Waals surface area (Å²) in [4.78, 5) is 31.5.